The van der Waals surface area contributed by atoms with E-state index in [9.17, 15) is 4.79 Å². The highest BCUT2D eigenvalue weighted by atomic mass is 35.5. The fourth-order valence-corrected chi connectivity index (χ4v) is 0.320. The van der Waals surface area contributed by atoms with E-state index in [1.807, 2.05) is 0 Å². The summed E-state index contributed by atoms with van der Waals surface area (Å²) in [6.07, 6.45) is 0. The molecule has 0 aromatic heterocycles. The Balaban J connectivity index is 0. The van der Waals surface area contributed by atoms with Crippen molar-refractivity contribution >= 4 is 18.3 Å². The van der Waals surface area contributed by atoms with Crippen LogP contribution in [-0.2, 0) is 9.53 Å². The highest BCUT2D eigenvalue weighted by molar-refractivity contribution is 5.85. The van der Waals surface area contributed by atoms with Crippen LogP contribution >= 0.6 is 12.4 Å². The number of hydrogen-bond acceptors (Lipinski definition) is 3. The zero-order valence-electron chi connectivity index (χ0n) is 5.92. The highest BCUT2D eigenvalue weighted by Gasteiger charge is 1.93. The van der Waals surface area contributed by atoms with Crippen LogP contribution in [0.3, 0.4) is 0 Å². The van der Waals surface area contributed by atoms with Crippen LogP contribution in [0.15, 0.2) is 0 Å². The number of likely N-dealkylation sites (N-methyl/N-ethyl adjacent to an activating group) is 1. The molecule has 0 fully saturated rings. The van der Waals surface area contributed by atoms with Crippen molar-refractivity contribution in [3.63, 3.8) is 0 Å². The Morgan fingerprint density at radius 3 is 2.70 bits per heavy atom. The molecule has 10 heavy (non-hydrogen) atoms. The van der Waals surface area contributed by atoms with Crippen molar-refractivity contribution in [3.8, 4) is 0 Å². The minimum Gasteiger partial charge on any atom is -0.370 e. The lowest BCUT2D eigenvalue weighted by atomic mass is 10.6. The number of carbonyl (C=O) groups is 1. The second-order valence-corrected chi connectivity index (χ2v) is 1.51. The first-order valence-corrected chi connectivity index (χ1v) is 2.79. The minimum absolute atomic E-state index is 0. The number of halogens is 1. The monoisotopic (exact) mass is 168 g/mol. The van der Waals surface area contributed by atoms with Crippen LogP contribution in [0.2, 0.25) is 0 Å². The quantitative estimate of drug-likeness (QED) is 0.537. The molecule has 0 saturated heterocycles. The van der Waals surface area contributed by atoms with Crippen LogP contribution in [0.1, 0.15) is 0 Å². The molecule has 0 aliphatic rings. The summed E-state index contributed by atoms with van der Waals surface area (Å²) in [4.78, 5) is 10.4. The molecule has 0 spiro atoms. The maximum atomic E-state index is 10.4. The van der Waals surface area contributed by atoms with Gasteiger partial charge in [0.25, 0.3) is 0 Å². The van der Waals surface area contributed by atoms with Gasteiger partial charge in [0.15, 0.2) is 0 Å². The second-order valence-electron chi connectivity index (χ2n) is 1.51. The van der Waals surface area contributed by atoms with Gasteiger partial charge in [-0.05, 0) is 0 Å². The Kier molecular flexibility index (Phi) is 10.7. The van der Waals surface area contributed by atoms with E-state index < -0.39 is 0 Å². The maximum absolute atomic E-state index is 10.4. The van der Waals surface area contributed by atoms with Gasteiger partial charge < -0.3 is 15.8 Å². The van der Waals surface area contributed by atoms with Crippen LogP contribution in [-0.4, -0.2) is 32.7 Å². The van der Waals surface area contributed by atoms with Crippen molar-refractivity contribution in [2.24, 2.45) is 5.73 Å². The molecule has 0 atom stereocenters. The van der Waals surface area contributed by atoms with E-state index in [1.54, 1.807) is 7.05 Å². The third-order valence-electron chi connectivity index (χ3n) is 0.774. The number of rotatable bonds is 4. The lowest BCUT2D eigenvalue weighted by Gasteiger charge is -1.98. The van der Waals surface area contributed by atoms with Crippen LogP contribution in [0.5, 0.6) is 0 Å². The maximum Gasteiger partial charge on any atom is 0.245 e. The predicted molar refractivity (Wildman–Crippen MR) is 41.2 cm³/mol. The molecule has 0 heterocycles. The van der Waals surface area contributed by atoms with Gasteiger partial charge in [-0.25, -0.2) is 0 Å². The SMILES string of the molecule is CNC(=O)COCCN.Cl. The van der Waals surface area contributed by atoms with E-state index in [0.29, 0.717) is 13.2 Å². The number of nitrogens with two attached hydrogens (primary N) is 1. The Bertz CT molecular complexity index is 89.7. The first-order chi connectivity index (χ1) is 4.31. The molecule has 4 nitrogen and oxygen atoms in total. The molecule has 0 saturated carbocycles. The molecule has 0 radical (unpaired) electrons. The van der Waals surface area contributed by atoms with Crippen molar-refractivity contribution < 1.29 is 9.53 Å². The molecule has 1 amide bonds. The first-order valence-electron chi connectivity index (χ1n) is 2.79. The Labute approximate surface area is 66.5 Å². The van der Waals surface area contributed by atoms with Crippen molar-refractivity contribution in [2.45, 2.75) is 0 Å². The zero-order chi connectivity index (χ0) is 7.11. The minimum atomic E-state index is -0.122. The molecule has 0 unspecified atom stereocenters. The molecule has 0 aromatic rings. The molecular weight excluding hydrogens is 156 g/mol. The molecule has 62 valence electrons. The van der Waals surface area contributed by atoms with Gasteiger partial charge in [0.05, 0.1) is 6.61 Å². The van der Waals surface area contributed by atoms with Gasteiger partial charge >= 0.3 is 0 Å². The summed E-state index contributed by atoms with van der Waals surface area (Å²) >= 11 is 0. The molecular formula is C5H13ClN2O2. The Morgan fingerprint density at radius 1 is 1.70 bits per heavy atom. The fraction of sp³-hybridized carbons (Fsp3) is 0.800. The van der Waals surface area contributed by atoms with Gasteiger partial charge in [0.2, 0.25) is 5.91 Å². The molecule has 0 aliphatic heterocycles. The molecule has 0 aromatic carbocycles. The van der Waals surface area contributed by atoms with Crippen LogP contribution in [0.25, 0.3) is 0 Å². The highest BCUT2D eigenvalue weighted by Crippen LogP contribution is 1.70. The summed E-state index contributed by atoms with van der Waals surface area (Å²) in [5, 5.41) is 2.42. The second kappa shape index (κ2) is 8.68. The normalized spacial score (nSPS) is 8.20. The van der Waals surface area contributed by atoms with Gasteiger partial charge in [-0.3, -0.25) is 4.79 Å². The van der Waals surface area contributed by atoms with E-state index >= 15 is 0 Å². The van der Waals surface area contributed by atoms with Gasteiger partial charge in [-0.1, -0.05) is 0 Å². The van der Waals surface area contributed by atoms with Crippen molar-refractivity contribution in [1.29, 1.82) is 0 Å². The van der Waals surface area contributed by atoms with Crippen molar-refractivity contribution in [2.75, 3.05) is 26.8 Å². The number of ether oxygens (including phenoxy) is 1. The summed E-state index contributed by atoms with van der Waals surface area (Å²) in [5.41, 5.74) is 5.10. The molecule has 3 N–H and O–H groups in total. The predicted octanol–water partition coefficient (Wildman–Crippen LogP) is -0.871. The lowest BCUT2D eigenvalue weighted by molar-refractivity contribution is -0.125. The van der Waals surface area contributed by atoms with E-state index in [0.717, 1.165) is 0 Å². The van der Waals surface area contributed by atoms with Crippen molar-refractivity contribution in [1.82, 2.24) is 5.32 Å². The standard InChI is InChI=1S/C5H12N2O2.ClH/c1-7-5(8)4-9-3-2-6;/h2-4,6H2,1H3,(H,7,8);1H. The summed E-state index contributed by atoms with van der Waals surface area (Å²) in [6.45, 7) is 0.998. The average molecular weight is 169 g/mol. The summed E-state index contributed by atoms with van der Waals surface area (Å²) in [7, 11) is 1.56. The third kappa shape index (κ3) is 7.68. The average Bonchev–Trinajstić information content (AvgIpc) is 1.89. The van der Waals surface area contributed by atoms with E-state index in [2.05, 4.69) is 5.32 Å². The zero-order valence-corrected chi connectivity index (χ0v) is 6.74. The van der Waals surface area contributed by atoms with E-state index in [4.69, 9.17) is 10.5 Å². The van der Waals surface area contributed by atoms with E-state index in [1.165, 1.54) is 0 Å². The van der Waals surface area contributed by atoms with Crippen molar-refractivity contribution in [3.05, 3.63) is 0 Å². The summed E-state index contributed by atoms with van der Waals surface area (Å²) < 4.78 is 4.80. The number of carbonyl (C=O) groups excluding carboxylic acids is 1. The first kappa shape index (κ1) is 12.4. The Hall–Kier alpha value is -0.320. The van der Waals surface area contributed by atoms with Gasteiger partial charge in [-0.15, -0.1) is 12.4 Å². The van der Waals surface area contributed by atoms with Crippen LogP contribution < -0.4 is 11.1 Å². The van der Waals surface area contributed by atoms with Gasteiger partial charge in [-0.2, -0.15) is 0 Å². The van der Waals surface area contributed by atoms with E-state index in [-0.39, 0.29) is 24.9 Å². The van der Waals surface area contributed by atoms with Crippen LogP contribution in [0, 0.1) is 0 Å². The van der Waals surface area contributed by atoms with Crippen LogP contribution in [0.4, 0.5) is 0 Å². The Morgan fingerprint density at radius 2 is 2.30 bits per heavy atom. The number of amides is 1. The largest absolute Gasteiger partial charge is 0.370 e. The number of hydrogen-bond donors (Lipinski definition) is 2. The molecule has 5 heteroatoms. The molecule has 0 aliphatic carbocycles. The summed E-state index contributed by atoms with van der Waals surface area (Å²) in [6, 6.07) is 0. The third-order valence-corrected chi connectivity index (χ3v) is 0.774. The van der Waals surface area contributed by atoms with Gasteiger partial charge in [0.1, 0.15) is 6.61 Å². The lowest BCUT2D eigenvalue weighted by Crippen LogP contribution is -2.24. The topological polar surface area (TPSA) is 64.3 Å². The van der Waals surface area contributed by atoms with Gasteiger partial charge in [0, 0.05) is 13.6 Å². The molecule has 0 rings (SSSR count). The fourth-order valence-electron chi connectivity index (χ4n) is 0.320. The molecule has 0 bridgehead atoms. The number of nitrogens with one attached hydrogen (secondary N) is 1. The smallest absolute Gasteiger partial charge is 0.245 e. The summed E-state index contributed by atoms with van der Waals surface area (Å²) in [5.74, 6) is -0.122.